The third kappa shape index (κ3) is 4.72. The molecule has 1 aromatic carbocycles. The molecule has 7 nitrogen and oxygen atoms in total. The van der Waals surface area contributed by atoms with Gasteiger partial charge in [0.05, 0.1) is 6.26 Å². The average Bonchev–Trinajstić information content (AvgIpc) is 3.16. The van der Waals surface area contributed by atoms with Crippen molar-refractivity contribution in [2.75, 3.05) is 45.5 Å². The molecule has 1 fully saturated rings. The third-order valence-electron chi connectivity index (χ3n) is 4.55. The Labute approximate surface area is 154 Å². The van der Waals surface area contributed by atoms with E-state index in [0.717, 1.165) is 5.69 Å². The Morgan fingerprint density at radius 2 is 1.65 bits per heavy atom. The maximum atomic E-state index is 12.2. The molecule has 1 saturated heterocycles. The Morgan fingerprint density at radius 1 is 1.04 bits per heavy atom. The number of piperazine rings is 1. The van der Waals surface area contributed by atoms with Gasteiger partial charge in [-0.1, -0.05) is 0 Å². The summed E-state index contributed by atoms with van der Waals surface area (Å²) in [5.74, 6) is -0.0983. The van der Waals surface area contributed by atoms with E-state index in [4.69, 9.17) is 0 Å². The van der Waals surface area contributed by atoms with Crippen LogP contribution in [0.5, 0.6) is 0 Å². The van der Waals surface area contributed by atoms with E-state index in [2.05, 4.69) is 10.2 Å². The van der Waals surface area contributed by atoms with Crippen LogP contribution in [0.2, 0.25) is 0 Å². The van der Waals surface area contributed by atoms with Crippen LogP contribution >= 0.6 is 0 Å². The van der Waals surface area contributed by atoms with Crippen LogP contribution in [-0.2, 0) is 10.0 Å². The summed E-state index contributed by atoms with van der Waals surface area (Å²) < 4.78 is 26.5. The Hall–Kier alpha value is -2.16. The molecule has 1 aliphatic rings. The number of hydrogen-bond donors (Lipinski definition) is 1. The fraction of sp³-hybridized carbons (Fsp3) is 0.389. The molecule has 0 radical (unpaired) electrons. The van der Waals surface area contributed by atoms with E-state index in [1.807, 2.05) is 53.4 Å². The number of amides is 1. The number of sulfonamides is 1. The highest BCUT2D eigenvalue weighted by molar-refractivity contribution is 7.88. The number of rotatable bonds is 6. The molecule has 1 aliphatic heterocycles. The van der Waals surface area contributed by atoms with Gasteiger partial charge >= 0.3 is 0 Å². The summed E-state index contributed by atoms with van der Waals surface area (Å²) in [7, 11) is -3.10. The Kier molecular flexibility index (Phi) is 5.75. The monoisotopic (exact) mass is 376 g/mol. The highest BCUT2D eigenvalue weighted by Gasteiger charge is 2.22. The normalized spacial score (nSPS) is 16.5. The Balaban J connectivity index is 1.43. The fourth-order valence-electron chi connectivity index (χ4n) is 3.01. The van der Waals surface area contributed by atoms with Gasteiger partial charge in [0.1, 0.15) is 0 Å². The fourth-order valence-corrected chi connectivity index (χ4v) is 3.83. The molecule has 0 spiro atoms. The minimum atomic E-state index is -3.10. The molecule has 8 heteroatoms. The highest BCUT2D eigenvalue weighted by Crippen LogP contribution is 2.10. The van der Waals surface area contributed by atoms with Gasteiger partial charge in [-0.25, -0.2) is 8.42 Å². The third-order valence-corrected chi connectivity index (χ3v) is 5.85. The lowest BCUT2D eigenvalue weighted by Crippen LogP contribution is -2.49. The molecule has 0 atom stereocenters. The van der Waals surface area contributed by atoms with Gasteiger partial charge in [-0.3, -0.25) is 9.69 Å². The molecule has 0 unspecified atom stereocenters. The topological polar surface area (TPSA) is 74.7 Å². The quantitative estimate of drug-likeness (QED) is 0.809. The summed E-state index contributed by atoms with van der Waals surface area (Å²) >= 11 is 0. The zero-order valence-electron chi connectivity index (χ0n) is 14.8. The minimum Gasteiger partial charge on any atom is -0.351 e. The maximum absolute atomic E-state index is 12.2. The summed E-state index contributed by atoms with van der Waals surface area (Å²) in [6, 6.07) is 11.4. The second kappa shape index (κ2) is 8.03. The van der Waals surface area contributed by atoms with Crippen molar-refractivity contribution in [2.24, 2.45) is 0 Å². The smallest absolute Gasteiger partial charge is 0.251 e. The second-order valence-corrected chi connectivity index (χ2v) is 8.38. The molecule has 0 bridgehead atoms. The van der Waals surface area contributed by atoms with E-state index in [1.165, 1.54) is 10.6 Å². The molecule has 1 aromatic heterocycles. The van der Waals surface area contributed by atoms with Crippen LogP contribution in [0.4, 0.5) is 0 Å². The van der Waals surface area contributed by atoms with Crippen molar-refractivity contribution in [3.8, 4) is 5.69 Å². The SMILES string of the molecule is CS(=O)(=O)N1CCN(CCNC(=O)c2ccc(-n3cccc3)cc2)CC1. The van der Waals surface area contributed by atoms with E-state index in [-0.39, 0.29) is 5.91 Å². The average molecular weight is 376 g/mol. The first-order valence-corrected chi connectivity index (χ1v) is 10.5. The summed E-state index contributed by atoms with van der Waals surface area (Å²) in [6.45, 7) is 3.64. The van der Waals surface area contributed by atoms with E-state index in [1.54, 1.807) is 0 Å². The zero-order valence-corrected chi connectivity index (χ0v) is 15.7. The minimum absolute atomic E-state index is 0.0983. The summed E-state index contributed by atoms with van der Waals surface area (Å²) in [5.41, 5.74) is 1.64. The molecular formula is C18H24N4O3S. The van der Waals surface area contributed by atoms with Gasteiger partial charge < -0.3 is 9.88 Å². The lowest BCUT2D eigenvalue weighted by molar-refractivity contribution is 0.0945. The van der Waals surface area contributed by atoms with Crippen LogP contribution in [-0.4, -0.2) is 73.6 Å². The van der Waals surface area contributed by atoms with E-state index < -0.39 is 10.0 Å². The van der Waals surface area contributed by atoms with Crippen molar-refractivity contribution >= 4 is 15.9 Å². The van der Waals surface area contributed by atoms with Gasteiger partial charge in [0.15, 0.2) is 0 Å². The number of nitrogens with zero attached hydrogens (tertiary/aromatic N) is 3. The summed E-state index contributed by atoms with van der Waals surface area (Å²) in [4.78, 5) is 14.4. The lowest BCUT2D eigenvalue weighted by atomic mass is 10.2. The standard InChI is InChI=1S/C18H24N4O3S/c1-26(24,25)22-14-12-20(13-15-22)11-8-19-18(23)16-4-6-17(7-5-16)21-9-2-3-10-21/h2-7,9-10H,8,11-15H2,1H3,(H,19,23). The molecule has 0 saturated carbocycles. The predicted octanol–water partition coefficient (Wildman–Crippen LogP) is 0.784. The Morgan fingerprint density at radius 3 is 2.23 bits per heavy atom. The first-order chi connectivity index (χ1) is 12.4. The summed E-state index contributed by atoms with van der Waals surface area (Å²) in [6.07, 6.45) is 5.15. The van der Waals surface area contributed by atoms with Gasteiger partial charge in [0.25, 0.3) is 5.91 Å². The van der Waals surface area contributed by atoms with Crippen LogP contribution in [0.25, 0.3) is 5.69 Å². The molecule has 2 heterocycles. The first kappa shape index (κ1) is 18.6. The second-order valence-electron chi connectivity index (χ2n) is 6.40. The van der Waals surface area contributed by atoms with E-state index >= 15 is 0 Å². The van der Waals surface area contributed by atoms with Crippen LogP contribution in [0.1, 0.15) is 10.4 Å². The lowest BCUT2D eigenvalue weighted by Gasteiger charge is -2.33. The number of aromatic nitrogens is 1. The predicted molar refractivity (Wildman–Crippen MR) is 101 cm³/mol. The molecule has 0 aliphatic carbocycles. The number of hydrogen-bond acceptors (Lipinski definition) is 4. The molecule has 3 rings (SSSR count). The van der Waals surface area contributed by atoms with Crippen molar-refractivity contribution in [2.45, 2.75) is 0 Å². The number of carbonyl (C=O) groups excluding carboxylic acids is 1. The van der Waals surface area contributed by atoms with E-state index in [0.29, 0.717) is 44.8 Å². The highest BCUT2D eigenvalue weighted by atomic mass is 32.2. The summed E-state index contributed by atoms with van der Waals surface area (Å²) in [5, 5.41) is 2.92. The largest absolute Gasteiger partial charge is 0.351 e. The van der Waals surface area contributed by atoms with Crippen LogP contribution in [0, 0.1) is 0 Å². The van der Waals surface area contributed by atoms with Crippen molar-refractivity contribution < 1.29 is 13.2 Å². The van der Waals surface area contributed by atoms with Crippen LogP contribution in [0.15, 0.2) is 48.8 Å². The molecule has 1 amide bonds. The van der Waals surface area contributed by atoms with Gasteiger partial charge in [0.2, 0.25) is 10.0 Å². The molecule has 1 N–H and O–H groups in total. The van der Waals surface area contributed by atoms with E-state index in [9.17, 15) is 13.2 Å². The van der Waals surface area contributed by atoms with Crippen LogP contribution < -0.4 is 5.32 Å². The first-order valence-electron chi connectivity index (χ1n) is 8.62. The van der Waals surface area contributed by atoms with Gasteiger partial charge in [-0.15, -0.1) is 0 Å². The van der Waals surface area contributed by atoms with Crippen molar-refractivity contribution in [1.82, 2.24) is 19.1 Å². The molecular weight excluding hydrogens is 352 g/mol. The molecule has 2 aromatic rings. The van der Waals surface area contributed by atoms with Gasteiger partial charge in [-0.05, 0) is 36.4 Å². The zero-order chi connectivity index (χ0) is 18.6. The number of carbonyl (C=O) groups is 1. The Bertz CT molecular complexity index is 824. The van der Waals surface area contributed by atoms with Gasteiger partial charge in [-0.2, -0.15) is 4.31 Å². The van der Waals surface area contributed by atoms with Gasteiger partial charge in [0, 0.05) is 62.9 Å². The number of nitrogens with one attached hydrogen (secondary N) is 1. The number of benzene rings is 1. The molecule has 140 valence electrons. The van der Waals surface area contributed by atoms with Crippen molar-refractivity contribution in [3.05, 3.63) is 54.4 Å². The maximum Gasteiger partial charge on any atom is 0.251 e. The van der Waals surface area contributed by atoms with Crippen molar-refractivity contribution in [1.29, 1.82) is 0 Å². The molecule has 26 heavy (non-hydrogen) atoms. The van der Waals surface area contributed by atoms with Crippen LogP contribution in [0.3, 0.4) is 0 Å². The van der Waals surface area contributed by atoms with Crippen molar-refractivity contribution in [3.63, 3.8) is 0 Å².